The zero-order valence-electron chi connectivity index (χ0n) is 21.3. The van der Waals surface area contributed by atoms with Gasteiger partial charge in [-0.3, -0.25) is 9.69 Å². The van der Waals surface area contributed by atoms with Gasteiger partial charge in [-0.05, 0) is 50.3 Å². The average molecular weight is 544 g/mol. The van der Waals surface area contributed by atoms with Crippen LogP contribution in [-0.4, -0.2) is 70.9 Å². The fourth-order valence-corrected chi connectivity index (χ4v) is 5.66. The number of fused-ring (bicyclic) bond motifs is 1. The smallest absolute Gasteiger partial charge is 0.237 e. The summed E-state index contributed by atoms with van der Waals surface area (Å²) in [6.07, 6.45) is 4.62. The molecule has 1 aliphatic heterocycles. The minimum Gasteiger partial charge on any atom is -0.493 e. The van der Waals surface area contributed by atoms with Gasteiger partial charge >= 0.3 is 0 Å². The van der Waals surface area contributed by atoms with E-state index in [1.54, 1.807) is 32.4 Å². The minimum atomic E-state index is -0.563. The van der Waals surface area contributed by atoms with Gasteiger partial charge in [-0.25, -0.2) is 14.4 Å². The number of halogens is 2. The first-order valence-corrected chi connectivity index (χ1v) is 13.1. The number of likely N-dealkylation sites (tertiary alicyclic amines) is 1. The van der Waals surface area contributed by atoms with Gasteiger partial charge < -0.3 is 25.2 Å². The van der Waals surface area contributed by atoms with Crippen molar-refractivity contribution in [3.63, 3.8) is 0 Å². The molecule has 2 heterocycles. The van der Waals surface area contributed by atoms with Gasteiger partial charge in [0.25, 0.3) is 0 Å². The van der Waals surface area contributed by atoms with Crippen LogP contribution in [0, 0.1) is 5.82 Å². The minimum absolute atomic E-state index is 0.0136. The highest BCUT2D eigenvalue weighted by Gasteiger charge is 2.40. The average Bonchev–Trinajstić information content (AvgIpc) is 3.32. The van der Waals surface area contributed by atoms with Gasteiger partial charge in [0.15, 0.2) is 17.3 Å². The monoisotopic (exact) mass is 543 g/mol. The first-order chi connectivity index (χ1) is 18.4. The van der Waals surface area contributed by atoms with Crippen LogP contribution < -0.4 is 20.1 Å². The van der Waals surface area contributed by atoms with E-state index in [-0.39, 0.29) is 34.8 Å². The Labute approximate surface area is 225 Å². The number of carbonyl (C=O) groups is 1. The van der Waals surface area contributed by atoms with Gasteiger partial charge in [-0.2, -0.15) is 0 Å². The van der Waals surface area contributed by atoms with Crippen LogP contribution >= 0.6 is 11.6 Å². The number of aliphatic hydroxyl groups excluding tert-OH is 1. The van der Waals surface area contributed by atoms with E-state index in [2.05, 4.69) is 25.5 Å². The Bertz CT molecular complexity index is 1320. The van der Waals surface area contributed by atoms with E-state index < -0.39 is 11.9 Å². The molecule has 0 bridgehead atoms. The first-order valence-electron chi connectivity index (χ1n) is 12.7. The Morgan fingerprint density at radius 2 is 1.97 bits per heavy atom. The molecule has 2 aliphatic rings. The molecule has 1 saturated carbocycles. The van der Waals surface area contributed by atoms with Crippen molar-refractivity contribution in [3.05, 3.63) is 47.5 Å². The second-order valence-corrected chi connectivity index (χ2v) is 10.1. The van der Waals surface area contributed by atoms with Gasteiger partial charge in [0.1, 0.15) is 12.1 Å². The fraction of sp³-hybridized carbons (Fsp3) is 0.444. The van der Waals surface area contributed by atoms with E-state index in [9.17, 15) is 14.3 Å². The second-order valence-electron chi connectivity index (χ2n) is 9.73. The van der Waals surface area contributed by atoms with Gasteiger partial charge in [-0.15, -0.1) is 0 Å². The molecule has 38 heavy (non-hydrogen) atoms. The molecule has 1 amide bonds. The lowest BCUT2D eigenvalue weighted by Crippen LogP contribution is -2.48. The molecule has 9 nitrogen and oxygen atoms in total. The van der Waals surface area contributed by atoms with Crippen molar-refractivity contribution in [1.29, 1.82) is 0 Å². The summed E-state index contributed by atoms with van der Waals surface area (Å²) in [4.78, 5) is 23.1. The highest BCUT2D eigenvalue weighted by atomic mass is 35.5. The number of amides is 1. The number of β-amino-alcohol motifs (C(OH)–C–C–N with tert-alkyl or cyclic N) is 1. The maximum atomic E-state index is 14.5. The third-order valence-corrected chi connectivity index (χ3v) is 7.69. The van der Waals surface area contributed by atoms with Crippen molar-refractivity contribution in [2.75, 3.05) is 26.0 Å². The maximum Gasteiger partial charge on any atom is 0.237 e. The zero-order chi connectivity index (χ0) is 26.8. The summed E-state index contributed by atoms with van der Waals surface area (Å²) >= 11 is 5.94. The predicted octanol–water partition coefficient (Wildman–Crippen LogP) is 4.05. The topological polar surface area (TPSA) is 109 Å². The van der Waals surface area contributed by atoms with Gasteiger partial charge in [0.2, 0.25) is 5.91 Å². The number of hydrogen-bond acceptors (Lipinski definition) is 8. The molecule has 11 heteroatoms. The first kappa shape index (κ1) is 26.4. The van der Waals surface area contributed by atoms with E-state index in [0.717, 1.165) is 25.7 Å². The summed E-state index contributed by atoms with van der Waals surface area (Å²) in [5.74, 6) is 0.894. The highest BCUT2D eigenvalue weighted by molar-refractivity contribution is 6.31. The summed E-state index contributed by atoms with van der Waals surface area (Å²) in [7, 11) is 3.20. The van der Waals surface area contributed by atoms with Crippen LogP contribution in [0.15, 0.2) is 36.7 Å². The largest absolute Gasteiger partial charge is 0.493 e. The number of nitrogens with zero attached hydrogens (tertiary/aromatic N) is 3. The van der Waals surface area contributed by atoms with Crippen LogP contribution in [0.3, 0.4) is 0 Å². The molecular formula is C27H31ClFN5O4. The molecule has 3 aromatic rings. The number of aromatic nitrogens is 2. The molecule has 202 valence electrons. The maximum absolute atomic E-state index is 14.5. The Hall–Kier alpha value is -3.21. The molecule has 0 spiro atoms. The molecular weight excluding hydrogens is 513 g/mol. The molecule has 2 aromatic carbocycles. The van der Waals surface area contributed by atoms with E-state index in [4.69, 9.17) is 21.1 Å². The highest BCUT2D eigenvalue weighted by Crippen LogP contribution is 2.38. The number of likely N-dealkylation sites (N-methyl/N-ethyl adjacent to an activating group) is 1. The van der Waals surface area contributed by atoms with Crippen molar-refractivity contribution in [1.82, 2.24) is 20.2 Å². The molecule has 0 unspecified atom stereocenters. The number of aliphatic hydroxyl groups is 1. The normalized spacial score (nSPS) is 23.8. The number of carbonyl (C=O) groups excluding carboxylic acids is 1. The van der Waals surface area contributed by atoms with Gasteiger partial charge in [0.05, 0.1) is 41.6 Å². The lowest BCUT2D eigenvalue weighted by molar-refractivity contribution is -0.126. The lowest BCUT2D eigenvalue weighted by Gasteiger charge is -2.37. The number of ether oxygens (including phenoxy) is 2. The van der Waals surface area contributed by atoms with E-state index >= 15 is 0 Å². The zero-order valence-corrected chi connectivity index (χ0v) is 22.0. The molecule has 1 saturated heterocycles. The molecule has 0 radical (unpaired) electrons. The number of nitrogens with one attached hydrogen (secondary N) is 2. The van der Waals surface area contributed by atoms with Crippen LogP contribution in [0.1, 0.15) is 32.1 Å². The number of methoxy groups -OCH3 is 1. The quantitative estimate of drug-likeness (QED) is 0.410. The van der Waals surface area contributed by atoms with Crippen molar-refractivity contribution >= 4 is 39.9 Å². The molecule has 2 fully saturated rings. The van der Waals surface area contributed by atoms with Crippen molar-refractivity contribution < 1.29 is 23.8 Å². The molecule has 5 rings (SSSR count). The Balaban J connectivity index is 1.33. The molecule has 2 atom stereocenters. The van der Waals surface area contributed by atoms with Crippen molar-refractivity contribution in [2.45, 2.75) is 56.4 Å². The third kappa shape index (κ3) is 5.34. The van der Waals surface area contributed by atoms with E-state index in [1.807, 2.05) is 6.07 Å². The summed E-state index contributed by atoms with van der Waals surface area (Å²) in [5, 5.41) is 16.6. The summed E-state index contributed by atoms with van der Waals surface area (Å²) in [6.45, 7) is 0.510. The Morgan fingerprint density at radius 3 is 2.71 bits per heavy atom. The van der Waals surface area contributed by atoms with Crippen LogP contribution in [0.25, 0.3) is 10.9 Å². The van der Waals surface area contributed by atoms with Crippen molar-refractivity contribution in [2.24, 2.45) is 0 Å². The predicted molar refractivity (Wildman–Crippen MR) is 143 cm³/mol. The number of hydrogen-bond donors (Lipinski definition) is 3. The van der Waals surface area contributed by atoms with Gasteiger partial charge in [-0.1, -0.05) is 17.7 Å². The van der Waals surface area contributed by atoms with Crippen LogP contribution in [0.2, 0.25) is 5.02 Å². The van der Waals surface area contributed by atoms with Crippen LogP contribution in [-0.2, 0) is 4.79 Å². The van der Waals surface area contributed by atoms with Crippen LogP contribution in [0.4, 0.5) is 15.9 Å². The summed E-state index contributed by atoms with van der Waals surface area (Å²) in [5.41, 5.74) is 0.821. The Kier molecular flexibility index (Phi) is 7.83. The Morgan fingerprint density at radius 1 is 1.18 bits per heavy atom. The molecule has 3 N–H and O–H groups in total. The van der Waals surface area contributed by atoms with E-state index in [1.165, 1.54) is 12.4 Å². The van der Waals surface area contributed by atoms with E-state index in [0.29, 0.717) is 41.2 Å². The SMILES string of the molecule is CNC(=O)[C@H]1C[C@@H](O)CN1[C@H]1CC[C@@H](Oc2cc3c(Nc4cccc(Cl)c4F)ncnc3cc2OC)CC1. The molecule has 1 aromatic heterocycles. The number of anilines is 2. The van der Waals surface area contributed by atoms with Crippen molar-refractivity contribution in [3.8, 4) is 11.5 Å². The standard InChI is InChI=1S/C27H31ClFN5O4/c1-30-27(36)22-10-16(35)13-34(22)15-6-8-17(9-7-15)38-24-11-18-21(12-23(24)37-2)31-14-32-26(18)33-20-5-3-4-19(28)25(20)29/h3-5,11-12,14-17,22,35H,6-10,13H2,1-2H3,(H,30,36)(H,31,32,33)/t15-,16-,17+,22-/m1/s1. The third-order valence-electron chi connectivity index (χ3n) is 7.40. The second kappa shape index (κ2) is 11.3. The van der Waals surface area contributed by atoms with Crippen LogP contribution in [0.5, 0.6) is 11.5 Å². The number of rotatable bonds is 7. The summed E-state index contributed by atoms with van der Waals surface area (Å²) < 4.78 is 26.5. The molecule has 1 aliphatic carbocycles. The lowest BCUT2D eigenvalue weighted by atomic mass is 9.91. The summed E-state index contributed by atoms with van der Waals surface area (Å²) in [6, 6.07) is 8.22. The van der Waals surface area contributed by atoms with Gasteiger partial charge in [0, 0.05) is 31.1 Å². The number of benzene rings is 2. The fourth-order valence-electron chi connectivity index (χ4n) is 5.48.